The number of carbonyl (C=O) groups is 1. The topological polar surface area (TPSA) is 41.6 Å². The molecule has 0 fully saturated rings. The molecule has 1 rings (SSSR count). The highest BCUT2D eigenvalue weighted by Gasteiger charge is 2.30. The van der Waals surface area contributed by atoms with E-state index in [1.807, 2.05) is 20.8 Å². The third-order valence-corrected chi connectivity index (χ3v) is 3.01. The van der Waals surface area contributed by atoms with Crippen LogP contribution in [0.2, 0.25) is 0 Å². The predicted octanol–water partition coefficient (Wildman–Crippen LogP) is 4.41. The molecule has 0 aliphatic carbocycles. The second kappa shape index (κ2) is 7.15. The summed E-state index contributed by atoms with van der Waals surface area (Å²) < 4.78 is 31.9. The number of carbonyl (C=O) groups excluding carboxylic acids is 1. The summed E-state index contributed by atoms with van der Waals surface area (Å²) in [6, 6.07) is 3.33. The number of anilines is 1. The minimum Gasteiger partial charge on any atom is -0.444 e. The van der Waals surface area contributed by atoms with E-state index < -0.39 is 28.9 Å². The maximum Gasteiger partial charge on any atom is 0.410 e. The molecule has 0 spiro atoms. The fraction of sp³-hybridized carbons (Fsp3) is 0.588. The molecule has 0 aromatic heterocycles. The zero-order valence-corrected chi connectivity index (χ0v) is 14.7. The van der Waals surface area contributed by atoms with Crippen molar-refractivity contribution in [1.82, 2.24) is 4.90 Å². The zero-order valence-electron chi connectivity index (χ0n) is 14.7. The van der Waals surface area contributed by atoms with E-state index in [4.69, 9.17) is 4.74 Å². The normalized spacial score (nSPS) is 12.0. The van der Waals surface area contributed by atoms with Crippen molar-refractivity contribution < 1.29 is 18.3 Å². The lowest BCUT2D eigenvalue weighted by Crippen LogP contribution is -2.49. The summed E-state index contributed by atoms with van der Waals surface area (Å²) >= 11 is 0. The van der Waals surface area contributed by atoms with Gasteiger partial charge >= 0.3 is 6.09 Å². The largest absolute Gasteiger partial charge is 0.444 e. The first-order valence-electron chi connectivity index (χ1n) is 7.60. The van der Waals surface area contributed by atoms with Crippen molar-refractivity contribution in [3.63, 3.8) is 0 Å². The van der Waals surface area contributed by atoms with E-state index in [0.29, 0.717) is 13.1 Å². The van der Waals surface area contributed by atoms with Gasteiger partial charge < -0.3 is 15.0 Å². The van der Waals surface area contributed by atoms with E-state index in [0.717, 1.165) is 6.07 Å². The minimum absolute atomic E-state index is 0.199. The van der Waals surface area contributed by atoms with Gasteiger partial charge in [0.2, 0.25) is 0 Å². The van der Waals surface area contributed by atoms with Gasteiger partial charge in [-0.05, 0) is 53.7 Å². The van der Waals surface area contributed by atoms with Crippen LogP contribution in [0.1, 0.15) is 41.5 Å². The zero-order chi connectivity index (χ0) is 17.8. The Kier molecular flexibility index (Phi) is 5.97. The van der Waals surface area contributed by atoms with Crippen LogP contribution in [0.4, 0.5) is 19.3 Å². The standard InChI is InChI=1S/C17H26F2N2O2/c1-16(2,3)21(15(22)23-17(4,5)6)10-9-20-14-8-7-12(18)11-13(14)19/h7-8,11,20H,9-10H2,1-6H3. The van der Waals surface area contributed by atoms with Crippen LogP contribution < -0.4 is 5.32 Å². The first-order chi connectivity index (χ1) is 10.4. The Morgan fingerprint density at radius 3 is 2.26 bits per heavy atom. The number of ether oxygens (including phenoxy) is 1. The van der Waals surface area contributed by atoms with Gasteiger partial charge in [-0.2, -0.15) is 0 Å². The molecular weight excluding hydrogens is 302 g/mol. The van der Waals surface area contributed by atoms with Crippen molar-refractivity contribution in [2.75, 3.05) is 18.4 Å². The van der Waals surface area contributed by atoms with Crippen molar-refractivity contribution in [1.29, 1.82) is 0 Å². The van der Waals surface area contributed by atoms with Gasteiger partial charge in [0.1, 0.15) is 17.2 Å². The molecule has 1 aromatic rings. The average molecular weight is 328 g/mol. The first kappa shape index (κ1) is 19.2. The second-order valence-corrected chi connectivity index (χ2v) is 7.35. The Morgan fingerprint density at radius 2 is 1.78 bits per heavy atom. The number of halogens is 2. The highest BCUT2D eigenvalue weighted by molar-refractivity contribution is 5.69. The van der Waals surface area contributed by atoms with Gasteiger partial charge in [-0.3, -0.25) is 0 Å². The van der Waals surface area contributed by atoms with E-state index >= 15 is 0 Å². The quantitative estimate of drug-likeness (QED) is 0.890. The smallest absolute Gasteiger partial charge is 0.410 e. The number of hydrogen-bond donors (Lipinski definition) is 1. The lowest BCUT2D eigenvalue weighted by Gasteiger charge is -2.37. The molecule has 0 radical (unpaired) electrons. The Morgan fingerprint density at radius 1 is 1.17 bits per heavy atom. The molecule has 1 aromatic carbocycles. The van der Waals surface area contributed by atoms with Crippen LogP contribution in [0.25, 0.3) is 0 Å². The summed E-state index contributed by atoms with van der Waals surface area (Å²) in [5, 5.41) is 2.87. The molecule has 0 unspecified atom stereocenters. The Labute approximate surface area is 136 Å². The van der Waals surface area contributed by atoms with Crippen molar-refractivity contribution >= 4 is 11.8 Å². The maximum atomic E-state index is 13.6. The summed E-state index contributed by atoms with van der Waals surface area (Å²) in [6.07, 6.45) is -0.425. The van der Waals surface area contributed by atoms with Gasteiger partial charge in [0.25, 0.3) is 0 Å². The molecule has 23 heavy (non-hydrogen) atoms. The Bertz CT molecular complexity index is 549. The molecule has 130 valence electrons. The molecule has 0 saturated heterocycles. The predicted molar refractivity (Wildman–Crippen MR) is 87.5 cm³/mol. The first-order valence-corrected chi connectivity index (χ1v) is 7.60. The van der Waals surface area contributed by atoms with Gasteiger partial charge in [-0.15, -0.1) is 0 Å². The van der Waals surface area contributed by atoms with Crippen molar-refractivity contribution in [3.05, 3.63) is 29.8 Å². The van der Waals surface area contributed by atoms with E-state index in [1.54, 1.807) is 25.7 Å². The summed E-state index contributed by atoms with van der Waals surface area (Å²) in [6.45, 7) is 11.8. The molecule has 0 bridgehead atoms. The summed E-state index contributed by atoms with van der Waals surface area (Å²) in [4.78, 5) is 13.9. The SMILES string of the molecule is CC(C)(C)OC(=O)N(CCNc1ccc(F)cc1F)C(C)(C)C. The Hall–Kier alpha value is -1.85. The third-order valence-electron chi connectivity index (χ3n) is 3.01. The number of rotatable bonds is 4. The maximum absolute atomic E-state index is 13.6. The van der Waals surface area contributed by atoms with Gasteiger partial charge in [-0.1, -0.05) is 0 Å². The van der Waals surface area contributed by atoms with Crippen LogP contribution in [-0.4, -0.2) is 35.2 Å². The fourth-order valence-corrected chi connectivity index (χ4v) is 1.95. The minimum atomic E-state index is -0.662. The molecule has 0 heterocycles. The fourth-order valence-electron chi connectivity index (χ4n) is 1.95. The van der Waals surface area contributed by atoms with Crippen LogP contribution in [0.15, 0.2) is 18.2 Å². The molecule has 0 aliphatic rings. The average Bonchev–Trinajstić information content (AvgIpc) is 2.32. The molecule has 0 aliphatic heterocycles. The monoisotopic (exact) mass is 328 g/mol. The number of benzene rings is 1. The molecular formula is C17H26F2N2O2. The van der Waals surface area contributed by atoms with Gasteiger partial charge in [0.15, 0.2) is 0 Å². The molecule has 0 saturated carbocycles. The molecule has 4 nitrogen and oxygen atoms in total. The summed E-state index contributed by atoms with van der Waals surface area (Å²) in [7, 11) is 0. The number of nitrogens with one attached hydrogen (secondary N) is 1. The van der Waals surface area contributed by atoms with Crippen molar-refractivity contribution in [2.24, 2.45) is 0 Å². The van der Waals surface area contributed by atoms with Crippen molar-refractivity contribution in [3.8, 4) is 0 Å². The molecule has 1 N–H and O–H groups in total. The summed E-state index contributed by atoms with van der Waals surface area (Å²) in [5.41, 5.74) is -0.827. The van der Waals surface area contributed by atoms with E-state index in [2.05, 4.69) is 5.32 Å². The van der Waals surface area contributed by atoms with Crippen LogP contribution in [0.5, 0.6) is 0 Å². The highest BCUT2D eigenvalue weighted by Crippen LogP contribution is 2.19. The summed E-state index contributed by atoms with van der Waals surface area (Å²) in [5.74, 6) is -1.29. The molecule has 1 amide bonds. The second-order valence-electron chi connectivity index (χ2n) is 7.35. The van der Waals surface area contributed by atoms with Gasteiger partial charge in [0, 0.05) is 24.7 Å². The van der Waals surface area contributed by atoms with Crippen molar-refractivity contribution in [2.45, 2.75) is 52.7 Å². The highest BCUT2D eigenvalue weighted by atomic mass is 19.1. The number of hydrogen-bond acceptors (Lipinski definition) is 3. The van der Waals surface area contributed by atoms with Crippen LogP contribution in [-0.2, 0) is 4.74 Å². The van der Waals surface area contributed by atoms with Crippen LogP contribution >= 0.6 is 0 Å². The number of nitrogens with zero attached hydrogens (tertiary/aromatic N) is 1. The Balaban J connectivity index is 2.70. The van der Waals surface area contributed by atoms with Crippen LogP contribution in [0.3, 0.4) is 0 Å². The molecule has 6 heteroatoms. The third kappa shape index (κ3) is 6.42. The van der Waals surface area contributed by atoms with Gasteiger partial charge in [-0.25, -0.2) is 13.6 Å². The lowest BCUT2D eigenvalue weighted by molar-refractivity contribution is 0.00749. The lowest BCUT2D eigenvalue weighted by atomic mass is 10.1. The van der Waals surface area contributed by atoms with Crippen LogP contribution in [0, 0.1) is 11.6 Å². The molecule has 0 atom stereocenters. The van der Waals surface area contributed by atoms with Gasteiger partial charge in [0.05, 0.1) is 5.69 Å². The van der Waals surface area contributed by atoms with E-state index in [-0.39, 0.29) is 5.69 Å². The van der Waals surface area contributed by atoms with E-state index in [9.17, 15) is 13.6 Å². The number of amides is 1. The van der Waals surface area contributed by atoms with E-state index in [1.165, 1.54) is 12.1 Å².